The van der Waals surface area contributed by atoms with E-state index >= 15 is 0 Å². The molecule has 26 heavy (non-hydrogen) atoms. The number of hydrogen-bond acceptors (Lipinski definition) is 7. The van der Waals surface area contributed by atoms with E-state index in [1.165, 1.54) is 11.3 Å². The van der Waals surface area contributed by atoms with Crippen LogP contribution in [-0.4, -0.2) is 37.0 Å². The summed E-state index contributed by atoms with van der Waals surface area (Å²) in [7, 11) is 0. The van der Waals surface area contributed by atoms with Crippen LogP contribution in [0.5, 0.6) is 0 Å². The average Bonchev–Trinajstić information content (AvgIpc) is 2.96. The number of nitrogens with two attached hydrogens (primary N) is 1. The highest BCUT2D eigenvalue weighted by molar-refractivity contribution is 7.17. The van der Waals surface area contributed by atoms with E-state index in [1.54, 1.807) is 6.92 Å². The molecule has 0 unspecified atom stereocenters. The van der Waals surface area contributed by atoms with Gasteiger partial charge in [-0.1, -0.05) is 0 Å². The van der Waals surface area contributed by atoms with Gasteiger partial charge in [0.2, 0.25) is 0 Å². The van der Waals surface area contributed by atoms with E-state index in [0.29, 0.717) is 10.6 Å². The number of hydrogen-bond donors (Lipinski definition) is 2. The molecule has 140 valence electrons. The first kappa shape index (κ1) is 19.6. The molecule has 9 heteroatoms. The summed E-state index contributed by atoms with van der Waals surface area (Å²) < 4.78 is 9.37. The van der Waals surface area contributed by atoms with Gasteiger partial charge in [0, 0.05) is 17.0 Å². The zero-order valence-corrected chi connectivity index (χ0v) is 15.1. The number of aryl methyl sites for hydroxylation is 1. The van der Waals surface area contributed by atoms with E-state index in [1.807, 2.05) is 0 Å². The van der Waals surface area contributed by atoms with Crippen LogP contribution in [0.2, 0.25) is 0 Å². The van der Waals surface area contributed by atoms with Gasteiger partial charge in [-0.15, -0.1) is 11.3 Å². The molecule has 1 heterocycles. The predicted molar refractivity (Wildman–Crippen MR) is 94.8 cm³/mol. The van der Waals surface area contributed by atoms with E-state index in [9.17, 15) is 19.2 Å². The topological polar surface area (TPSA) is 125 Å². The second-order valence-electron chi connectivity index (χ2n) is 5.52. The molecule has 0 saturated heterocycles. The Bertz CT molecular complexity index is 753. The summed E-state index contributed by atoms with van der Waals surface area (Å²) in [6.07, 6.45) is 5.41. The Morgan fingerprint density at radius 3 is 2.42 bits per heavy atom. The Kier molecular flexibility index (Phi) is 6.90. The number of ether oxygens (including phenoxy) is 2. The molecule has 0 atom stereocenters. The van der Waals surface area contributed by atoms with Gasteiger partial charge in [-0.2, -0.15) is 0 Å². The number of carbonyl (C=O) groups is 4. The fourth-order valence-corrected chi connectivity index (χ4v) is 3.90. The van der Waals surface area contributed by atoms with E-state index in [0.717, 1.165) is 48.3 Å². The van der Waals surface area contributed by atoms with Crippen LogP contribution in [0.4, 0.5) is 5.00 Å². The van der Waals surface area contributed by atoms with Crippen LogP contribution in [0, 0.1) is 0 Å². The van der Waals surface area contributed by atoms with Gasteiger partial charge in [-0.05, 0) is 38.2 Å². The summed E-state index contributed by atoms with van der Waals surface area (Å²) in [4.78, 5) is 47.4. The third kappa shape index (κ3) is 5.16. The molecular weight excluding hydrogens is 360 g/mol. The van der Waals surface area contributed by atoms with Gasteiger partial charge in [-0.25, -0.2) is 9.59 Å². The van der Waals surface area contributed by atoms with E-state index in [2.05, 4.69) is 10.1 Å². The Morgan fingerprint density at radius 1 is 1.12 bits per heavy atom. The Morgan fingerprint density at radius 2 is 1.77 bits per heavy atom. The average molecular weight is 380 g/mol. The number of primary amides is 1. The van der Waals surface area contributed by atoms with Crippen molar-refractivity contribution in [2.75, 3.05) is 18.5 Å². The molecular formula is C17H20N2O6S. The first-order chi connectivity index (χ1) is 12.4. The highest BCUT2D eigenvalue weighted by Gasteiger charge is 2.25. The molecule has 0 spiro atoms. The smallest absolute Gasteiger partial charge is 0.331 e. The predicted octanol–water partition coefficient (Wildman–Crippen LogP) is 1.33. The first-order valence-electron chi connectivity index (χ1n) is 8.18. The standard InChI is InChI=1S/C17H20N2O6S/c1-2-24-13(21)7-8-14(22)25-9-12(20)19-17-15(16(18)23)10-5-3-4-6-11(10)26-17/h7-8H,2-6,9H2,1H3,(H2,18,23)(H,19,20)/b8-7+. The van der Waals surface area contributed by atoms with Crippen molar-refractivity contribution in [2.45, 2.75) is 32.6 Å². The third-order valence-corrected chi connectivity index (χ3v) is 4.87. The van der Waals surface area contributed by atoms with Gasteiger partial charge >= 0.3 is 11.9 Å². The van der Waals surface area contributed by atoms with Crippen molar-refractivity contribution in [3.8, 4) is 0 Å². The Balaban J connectivity index is 1.94. The van der Waals surface area contributed by atoms with Crippen LogP contribution in [0.1, 0.15) is 40.6 Å². The minimum Gasteiger partial charge on any atom is -0.463 e. The summed E-state index contributed by atoms with van der Waals surface area (Å²) in [5, 5.41) is 2.96. The van der Waals surface area contributed by atoms with Crippen molar-refractivity contribution in [1.82, 2.24) is 0 Å². The van der Waals surface area contributed by atoms with E-state index < -0.39 is 30.4 Å². The molecule has 8 nitrogen and oxygen atoms in total. The van der Waals surface area contributed by atoms with Gasteiger partial charge in [0.15, 0.2) is 6.61 Å². The van der Waals surface area contributed by atoms with Crippen LogP contribution < -0.4 is 11.1 Å². The molecule has 1 aromatic heterocycles. The lowest BCUT2D eigenvalue weighted by Crippen LogP contribution is -2.22. The molecule has 2 amide bonds. The maximum absolute atomic E-state index is 12.0. The third-order valence-electron chi connectivity index (χ3n) is 3.66. The minimum absolute atomic E-state index is 0.188. The second kappa shape index (κ2) is 9.14. The zero-order valence-electron chi connectivity index (χ0n) is 14.3. The van der Waals surface area contributed by atoms with Gasteiger partial charge in [0.25, 0.3) is 11.8 Å². The molecule has 2 rings (SSSR count). The van der Waals surface area contributed by atoms with Crippen LogP contribution in [0.3, 0.4) is 0 Å². The number of fused-ring (bicyclic) bond motifs is 1. The lowest BCUT2D eigenvalue weighted by molar-refractivity contribution is -0.143. The van der Waals surface area contributed by atoms with Gasteiger partial charge in [-0.3, -0.25) is 9.59 Å². The second-order valence-corrected chi connectivity index (χ2v) is 6.63. The fraction of sp³-hybridized carbons (Fsp3) is 0.412. The molecule has 3 N–H and O–H groups in total. The number of rotatable bonds is 7. The summed E-state index contributed by atoms with van der Waals surface area (Å²) in [5.41, 5.74) is 6.69. The maximum Gasteiger partial charge on any atom is 0.331 e. The maximum atomic E-state index is 12.0. The number of amides is 2. The van der Waals surface area contributed by atoms with Crippen molar-refractivity contribution in [1.29, 1.82) is 0 Å². The fourth-order valence-electron chi connectivity index (χ4n) is 2.59. The molecule has 1 aromatic rings. The highest BCUT2D eigenvalue weighted by Crippen LogP contribution is 2.37. The molecule has 1 aliphatic carbocycles. The van der Waals surface area contributed by atoms with Crippen LogP contribution in [-0.2, 0) is 36.7 Å². The summed E-state index contributed by atoms with van der Waals surface area (Å²) in [6, 6.07) is 0. The van der Waals surface area contributed by atoms with Crippen LogP contribution >= 0.6 is 11.3 Å². The Hall–Kier alpha value is -2.68. The number of thiophene rings is 1. The monoisotopic (exact) mass is 380 g/mol. The number of nitrogens with one attached hydrogen (secondary N) is 1. The normalized spacial score (nSPS) is 13.1. The number of anilines is 1. The van der Waals surface area contributed by atoms with Crippen molar-refractivity contribution < 1.29 is 28.7 Å². The van der Waals surface area contributed by atoms with Crippen molar-refractivity contribution >= 4 is 40.1 Å². The van der Waals surface area contributed by atoms with E-state index in [4.69, 9.17) is 10.5 Å². The number of carbonyl (C=O) groups excluding carboxylic acids is 4. The summed E-state index contributed by atoms with van der Waals surface area (Å²) in [6.45, 7) is 1.28. The largest absolute Gasteiger partial charge is 0.463 e. The first-order valence-corrected chi connectivity index (χ1v) is 8.99. The molecule has 0 saturated carbocycles. The van der Waals surface area contributed by atoms with Crippen LogP contribution in [0.25, 0.3) is 0 Å². The zero-order chi connectivity index (χ0) is 19.1. The summed E-state index contributed by atoms with van der Waals surface area (Å²) in [5.74, 6) is -2.71. The van der Waals surface area contributed by atoms with Crippen LogP contribution in [0.15, 0.2) is 12.2 Å². The molecule has 0 aromatic carbocycles. The lowest BCUT2D eigenvalue weighted by Gasteiger charge is -2.11. The van der Waals surface area contributed by atoms with Gasteiger partial charge in [0.1, 0.15) is 5.00 Å². The van der Waals surface area contributed by atoms with Crippen molar-refractivity contribution in [3.63, 3.8) is 0 Å². The van der Waals surface area contributed by atoms with E-state index in [-0.39, 0.29) is 6.61 Å². The van der Waals surface area contributed by atoms with Crippen molar-refractivity contribution in [2.24, 2.45) is 5.73 Å². The van der Waals surface area contributed by atoms with Gasteiger partial charge < -0.3 is 20.5 Å². The lowest BCUT2D eigenvalue weighted by atomic mass is 9.95. The molecule has 0 aliphatic heterocycles. The molecule has 0 bridgehead atoms. The quantitative estimate of drug-likeness (QED) is 0.543. The SMILES string of the molecule is CCOC(=O)/C=C/C(=O)OCC(=O)Nc1sc2c(c1C(N)=O)CCCC2. The number of esters is 2. The molecule has 0 radical (unpaired) electrons. The van der Waals surface area contributed by atoms with Crippen molar-refractivity contribution in [3.05, 3.63) is 28.2 Å². The minimum atomic E-state index is -0.853. The molecule has 0 fully saturated rings. The highest BCUT2D eigenvalue weighted by atomic mass is 32.1. The molecule has 1 aliphatic rings. The summed E-state index contributed by atoms with van der Waals surface area (Å²) >= 11 is 1.32. The van der Waals surface area contributed by atoms with Gasteiger partial charge in [0.05, 0.1) is 12.2 Å². The Labute approximate surface area is 154 Å².